The molecule has 0 aliphatic heterocycles. The molecule has 0 heterocycles. The number of amides is 1. The Morgan fingerprint density at radius 1 is 1.38 bits per heavy atom. The van der Waals surface area contributed by atoms with Crippen molar-refractivity contribution >= 4 is 5.91 Å². The lowest BCUT2D eigenvalue weighted by Gasteiger charge is -2.26. The van der Waals surface area contributed by atoms with E-state index in [0.29, 0.717) is 11.5 Å². The third-order valence-electron chi connectivity index (χ3n) is 3.33. The smallest absolute Gasteiger partial charge is 0.256 e. The molecule has 1 aromatic carbocycles. The minimum absolute atomic E-state index is 0.0516. The number of carbonyl (C=O) groups is 1. The van der Waals surface area contributed by atoms with Gasteiger partial charge in [-0.3, -0.25) is 4.79 Å². The highest BCUT2D eigenvalue weighted by Gasteiger charge is 2.21. The van der Waals surface area contributed by atoms with Crippen LogP contribution in [0.3, 0.4) is 0 Å². The molecular weight excluding hydrogens is 267 g/mol. The molecular formula is C17H23FN2O. The van der Waals surface area contributed by atoms with Gasteiger partial charge in [0.05, 0.1) is 12.1 Å². The van der Waals surface area contributed by atoms with E-state index in [0.717, 1.165) is 6.42 Å². The van der Waals surface area contributed by atoms with Crippen molar-refractivity contribution in [3.63, 3.8) is 0 Å². The van der Waals surface area contributed by atoms with E-state index in [-0.39, 0.29) is 24.1 Å². The molecule has 0 aliphatic rings. The second-order valence-corrected chi connectivity index (χ2v) is 5.60. The van der Waals surface area contributed by atoms with Crippen LogP contribution in [-0.2, 0) is 0 Å². The van der Waals surface area contributed by atoms with Crippen LogP contribution in [0.15, 0.2) is 18.2 Å². The van der Waals surface area contributed by atoms with Gasteiger partial charge < -0.3 is 10.6 Å². The summed E-state index contributed by atoms with van der Waals surface area (Å²) in [7, 11) is 1.70. The van der Waals surface area contributed by atoms with E-state index >= 15 is 0 Å². The molecule has 0 spiro atoms. The highest BCUT2D eigenvalue weighted by atomic mass is 19.1. The van der Waals surface area contributed by atoms with Crippen LogP contribution >= 0.6 is 0 Å². The highest BCUT2D eigenvalue weighted by molar-refractivity contribution is 5.94. The summed E-state index contributed by atoms with van der Waals surface area (Å²) in [6.45, 7) is 6.39. The minimum atomic E-state index is -0.526. The van der Waals surface area contributed by atoms with Gasteiger partial charge >= 0.3 is 0 Å². The van der Waals surface area contributed by atoms with Gasteiger partial charge in [0.15, 0.2) is 0 Å². The Kier molecular flexibility index (Phi) is 6.39. The van der Waals surface area contributed by atoms with Crippen LogP contribution in [0.1, 0.15) is 43.1 Å². The first-order chi connectivity index (χ1) is 9.86. The number of rotatable bonds is 4. The highest BCUT2D eigenvalue weighted by Crippen LogP contribution is 2.16. The van der Waals surface area contributed by atoms with Crippen LogP contribution in [0.2, 0.25) is 0 Å². The predicted molar refractivity (Wildman–Crippen MR) is 83.3 cm³/mol. The van der Waals surface area contributed by atoms with Gasteiger partial charge in [0.2, 0.25) is 0 Å². The van der Waals surface area contributed by atoms with Crippen LogP contribution < -0.4 is 5.73 Å². The molecule has 1 aromatic rings. The lowest BCUT2D eigenvalue weighted by molar-refractivity contribution is 0.0723. The zero-order chi connectivity index (χ0) is 16.0. The van der Waals surface area contributed by atoms with E-state index in [9.17, 15) is 9.18 Å². The molecule has 2 N–H and O–H groups in total. The van der Waals surface area contributed by atoms with Crippen molar-refractivity contribution in [1.29, 1.82) is 0 Å². The average Bonchev–Trinajstić information content (AvgIpc) is 2.44. The Labute approximate surface area is 126 Å². The van der Waals surface area contributed by atoms with Crippen molar-refractivity contribution in [2.45, 2.75) is 33.2 Å². The largest absolute Gasteiger partial charge is 0.339 e. The Morgan fingerprint density at radius 3 is 2.62 bits per heavy atom. The van der Waals surface area contributed by atoms with E-state index < -0.39 is 5.82 Å². The van der Waals surface area contributed by atoms with Crippen LogP contribution in [0.4, 0.5) is 4.39 Å². The maximum atomic E-state index is 13.9. The van der Waals surface area contributed by atoms with E-state index in [4.69, 9.17) is 5.73 Å². The topological polar surface area (TPSA) is 46.3 Å². The number of carbonyl (C=O) groups excluding carboxylic acids is 1. The standard InChI is InChI=1S/C17H23FN2O/c1-12(2)10-13(3)20(4)17(21)15-11-14(6-5-9-19)7-8-16(15)18/h7-8,11-13H,9-10,19H2,1-4H3. The number of benzene rings is 1. The maximum Gasteiger partial charge on any atom is 0.256 e. The van der Waals surface area contributed by atoms with Crippen LogP contribution in [0, 0.1) is 23.6 Å². The third kappa shape index (κ3) is 4.87. The summed E-state index contributed by atoms with van der Waals surface area (Å²) < 4.78 is 13.9. The lowest BCUT2D eigenvalue weighted by atomic mass is 10.0. The monoisotopic (exact) mass is 290 g/mol. The Bertz CT molecular complexity index is 558. The molecule has 4 heteroatoms. The number of nitrogens with two attached hydrogens (primary N) is 1. The molecule has 3 nitrogen and oxygen atoms in total. The number of nitrogens with zero attached hydrogens (tertiary/aromatic N) is 1. The fraction of sp³-hybridized carbons (Fsp3) is 0.471. The molecule has 21 heavy (non-hydrogen) atoms. The molecule has 1 unspecified atom stereocenters. The van der Waals surface area contributed by atoms with E-state index in [1.807, 2.05) is 6.92 Å². The fourth-order valence-corrected chi connectivity index (χ4v) is 2.15. The number of hydrogen-bond acceptors (Lipinski definition) is 2. The SMILES string of the molecule is CC(C)CC(C)N(C)C(=O)c1cc(C#CCN)ccc1F. The van der Waals surface area contributed by atoms with Crippen molar-refractivity contribution in [3.8, 4) is 11.8 Å². The van der Waals surface area contributed by atoms with Gasteiger partial charge in [-0.25, -0.2) is 4.39 Å². The van der Waals surface area contributed by atoms with Gasteiger partial charge in [0.1, 0.15) is 5.82 Å². The summed E-state index contributed by atoms with van der Waals surface area (Å²) in [6.07, 6.45) is 0.872. The molecule has 114 valence electrons. The first-order valence-electron chi connectivity index (χ1n) is 7.12. The summed E-state index contributed by atoms with van der Waals surface area (Å²) in [5.74, 6) is 5.14. The van der Waals surface area contributed by atoms with Gasteiger partial charge in [0, 0.05) is 18.7 Å². The minimum Gasteiger partial charge on any atom is -0.339 e. The molecule has 1 amide bonds. The van der Waals surface area contributed by atoms with E-state index in [2.05, 4.69) is 25.7 Å². The molecule has 0 radical (unpaired) electrons. The molecule has 0 saturated carbocycles. The van der Waals surface area contributed by atoms with Gasteiger partial charge in [0.25, 0.3) is 5.91 Å². The first kappa shape index (κ1) is 17.2. The van der Waals surface area contributed by atoms with E-state index in [1.54, 1.807) is 18.0 Å². The molecule has 0 saturated heterocycles. The zero-order valence-electron chi connectivity index (χ0n) is 13.1. The summed E-state index contributed by atoms with van der Waals surface area (Å²) in [6, 6.07) is 4.36. The predicted octanol–water partition coefficient (Wildman–Crippen LogP) is 2.64. The van der Waals surface area contributed by atoms with Crippen molar-refractivity contribution in [3.05, 3.63) is 35.1 Å². The summed E-state index contributed by atoms with van der Waals surface area (Å²) in [5.41, 5.74) is 5.96. The zero-order valence-corrected chi connectivity index (χ0v) is 13.1. The fourth-order valence-electron chi connectivity index (χ4n) is 2.15. The molecule has 0 fully saturated rings. The van der Waals surface area contributed by atoms with Gasteiger partial charge in [-0.2, -0.15) is 0 Å². The van der Waals surface area contributed by atoms with Gasteiger partial charge in [-0.1, -0.05) is 25.7 Å². The second kappa shape index (κ2) is 7.80. The average molecular weight is 290 g/mol. The van der Waals surface area contributed by atoms with Crippen molar-refractivity contribution in [2.75, 3.05) is 13.6 Å². The van der Waals surface area contributed by atoms with Crippen LogP contribution in [-0.4, -0.2) is 30.4 Å². The number of hydrogen-bond donors (Lipinski definition) is 1. The molecule has 0 aromatic heterocycles. The first-order valence-corrected chi connectivity index (χ1v) is 7.12. The van der Waals surface area contributed by atoms with Crippen LogP contribution in [0.25, 0.3) is 0 Å². The molecule has 0 aliphatic carbocycles. The summed E-state index contributed by atoms with van der Waals surface area (Å²) in [4.78, 5) is 14.0. The summed E-state index contributed by atoms with van der Waals surface area (Å²) in [5, 5.41) is 0. The molecule has 0 bridgehead atoms. The lowest BCUT2D eigenvalue weighted by Crippen LogP contribution is -2.36. The normalized spacial score (nSPS) is 11.8. The quantitative estimate of drug-likeness (QED) is 0.867. The number of halogens is 1. The van der Waals surface area contributed by atoms with Gasteiger partial charge in [-0.15, -0.1) is 0 Å². The van der Waals surface area contributed by atoms with Crippen molar-refractivity contribution in [1.82, 2.24) is 4.90 Å². The van der Waals surface area contributed by atoms with Gasteiger partial charge in [-0.05, 0) is 37.5 Å². The third-order valence-corrected chi connectivity index (χ3v) is 3.33. The Hall–Kier alpha value is -1.86. The molecule has 1 rings (SSSR count). The van der Waals surface area contributed by atoms with Crippen molar-refractivity contribution < 1.29 is 9.18 Å². The van der Waals surface area contributed by atoms with Crippen LogP contribution in [0.5, 0.6) is 0 Å². The maximum absolute atomic E-state index is 13.9. The molecule has 1 atom stereocenters. The Balaban J connectivity index is 3.00. The van der Waals surface area contributed by atoms with Crippen molar-refractivity contribution in [2.24, 2.45) is 11.7 Å². The Morgan fingerprint density at radius 2 is 2.05 bits per heavy atom. The van der Waals surface area contributed by atoms with E-state index in [1.165, 1.54) is 12.1 Å². The second-order valence-electron chi connectivity index (χ2n) is 5.60. The summed E-state index contributed by atoms with van der Waals surface area (Å²) >= 11 is 0.